The van der Waals surface area contributed by atoms with Crippen LogP contribution in [0.5, 0.6) is 0 Å². The van der Waals surface area contributed by atoms with Gasteiger partial charge >= 0.3 is 18.0 Å². The monoisotopic (exact) mass is 395 g/mol. The van der Waals surface area contributed by atoms with Crippen LogP contribution in [0.25, 0.3) is 0 Å². The summed E-state index contributed by atoms with van der Waals surface area (Å²) in [6.07, 6.45) is -1.10. The average Bonchev–Trinajstić information content (AvgIpc) is 3.05. The Morgan fingerprint density at radius 1 is 1.29 bits per heavy atom. The minimum Gasteiger partial charge on any atom is -0.480 e. The maximum Gasteiger partial charge on any atom is 0.413 e. The van der Waals surface area contributed by atoms with Gasteiger partial charge in [-0.15, -0.1) is 0 Å². The molecule has 1 N–H and O–H groups in total. The highest BCUT2D eigenvalue weighted by Crippen LogP contribution is 2.28. The van der Waals surface area contributed by atoms with E-state index in [9.17, 15) is 23.9 Å². The third-order valence-corrected chi connectivity index (χ3v) is 4.62. The predicted octanol–water partition coefficient (Wildman–Crippen LogP) is 3.22. The van der Waals surface area contributed by atoms with E-state index in [1.165, 1.54) is 12.1 Å². The Bertz CT molecular complexity index is 722. The van der Waals surface area contributed by atoms with E-state index in [1.807, 2.05) is 0 Å². The number of rotatable bonds is 7. The highest BCUT2D eigenvalue weighted by molar-refractivity contribution is 5.81. The second-order valence-corrected chi connectivity index (χ2v) is 7.28. The Labute approximate surface area is 163 Å². The lowest BCUT2D eigenvalue weighted by molar-refractivity contribution is -0.177. The SMILES string of the molecule is CCC(=O)O[C@H](OC(=O)N1C[C@@H](Cc2cccc(F)c2)C[C@H]1C(=O)O)C(C)C. The van der Waals surface area contributed by atoms with E-state index in [4.69, 9.17) is 9.47 Å². The van der Waals surface area contributed by atoms with Gasteiger partial charge in [-0.1, -0.05) is 32.9 Å². The molecule has 1 aliphatic heterocycles. The number of halogens is 1. The van der Waals surface area contributed by atoms with Crippen LogP contribution < -0.4 is 0 Å². The molecule has 0 unspecified atom stereocenters. The zero-order chi connectivity index (χ0) is 20.8. The van der Waals surface area contributed by atoms with Gasteiger partial charge in [0.05, 0.1) is 0 Å². The van der Waals surface area contributed by atoms with Crippen molar-refractivity contribution in [2.75, 3.05) is 6.54 Å². The first-order valence-corrected chi connectivity index (χ1v) is 9.35. The number of amides is 1. The van der Waals surface area contributed by atoms with Crippen molar-refractivity contribution in [2.45, 2.75) is 52.4 Å². The number of carbonyl (C=O) groups is 3. The molecule has 1 fully saturated rings. The lowest BCUT2D eigenvalue weighted by Gasteiger charge is -2.26. The lowest BCUT2D eigenvalue weighted by atomic mass is 9.97. The van der Waals surface area contributed by atoms with Crippen molar-refractivity contribution in [3.63, 3.8) is 0 Å². The first kappa shape index (κ1) is 21.7. The molecule has 1 aliphatic rings. The molecule has 0 spiro atoms. The fraction of sp³-hybridized carbons (Fsp3) is 0.550. The number of carbonyl (C=O) groups excluding carboxylic acids is 2. The molecular formula is C20H26FNO6. The summed E-state index contributed by atoms with van der Waals surface area (Å²) in [5.41, 5.74) is 0.737. The highest BCUT2D eigenvalue weighted by atomic mass is 19.1. The molecule has 1 aromatic rings. The highest BCUT2D eigenvalue weighted by Gasteiger charge is 2.41. The van der Waals surface area contributed by atoms with Crippen molar-refractivity contribution in [3.05, 3.63) is 35.6 Å². The van der Waals surface area contributed by atoms with Crippen molar-refractivity contribution < 1.29 is 33.4 Å². The summed E-state index contributed by atoms with van der Waals surface area (Å²) in [6.45, 7) is 5.25. The van der Waals surface area contributed by atoms with E-state index in [2.05, 4.69) is 0 Å². The van der Waals surface area contributed by atoms with Gasteiger partial charge in [0.1, 0.15) is 11.9 Å². The molecule has 28 heavy (non-hydrogen) atoms. The zero-order valence-corrected chi connectivity index (χ0v) is 16.3. The van der Waals surface area contributed by atoms with Crippen LogP contribution in [0.4, 0.5) is 9.18 Å². The fourth-order valence-electron chi connectivity index (χ4n) is 3.18. The third-order valence-electron chi connectivity index (χ3n) is 4.62. The molecule has 154 valence electrons. The largest absolute Gasteiger partial charge is 0.480 e. The number of carboxylic acid groups (broad SMARTS) is 1. The quantitative estimate of drug-likeness (QED) is 0.563. The molecule has 8 heteroatoms. The topological polar surface area (TPSA) is 93.1 Å². The molecule has 0 saturated carbocycles. The van der Waals surface area contributed by atoms with Gasteiger partial charge in [-0.25, -0.2) is 14.0 Å². The number of hydrogen-bond donors (Lipinski definition) is 1. The molecule has 1 saturated heterocycles. The smallest absolute Gasteiger partial charge is 0.413 e. The molecular weight excluding hydrogens is 369 g/mol. The van der Waals surface area contributed by atoms with Gasteiger partial charge < -0.3 is 14.6 Å². The van der Waals surface area contributed by atoms with Crippen LogP contribution in [0.2, 0.25) is 0 Å². The van der Waals surface area contributed by atoms with Crippen molar-refractivity contribution in [1.82, 2.24) is 4.90 Å². The molecule has 0 aliphatic carbocycles. The van der Waals surface area contributed by atoms with Crippen LogP contribution in [0.15, 0.2) is 24.3 Å². The van der Waals surface area contributed by atoms with Gasteiger partial charge in [0.2, 0.25) is 0 Å². The summed E-state index contributed by atoms with van der Waals surface area (Å²) in [5.74, 6) is -2.43. The van der Waals surface area contributed by atoms with E-state index in [0.717, 1.165) is 10.5 Å². The number of carboxylic acids is 1. The Hall–Kier alpha value is -2.64. The number of hydrogen-bond acceptors (Lipinski definition) is 5. The molecule has 1 heterocycles. The van der Waals surface area contributed by atoms with Crippen molar-refractivity contribution in [2.24, 2.45) is 11.8 Å². The van der Waals surface area contributed by atoms with Crippen LogP contribution in [0.1, 0.15) is 39.2 Å². The number of likely N-dealkylation sites (tertiary alicyclic amines) is 1. The van der Waals surface area contributed by atoms with Crippen LogP contribution in [0, 0.1) is 17.7 Å². The van der Waals surface area contributed by atoms with Gasteiger partial charge in [0.25, 0.3) is 6.29 Å². The number of benzene rings is 1. The predicted molar refractivity (Wildman–Crippen MR) is 97.8 cm³/mol. The van der Waals surface area contributed by atoms with Crippen LogP contribution in [-0.4, -0.2) is 46.9 Å². The number of ether oxygens (including phenoxy) is 2. The molecule has 0 bridgehead atoms. The average molecular weight is 395 g/mol. The van der Waals surface area contributed by atoms with E-state index in [0.29, 0.717) is 6.42 Å². The van der Waals surface area contributed by atoms with Crippen LogP contribution in [0.3, 0.4) is 0 Å². The van der Waals surface area contributed by atoms with Gasteiger partial charge in [0.15, 0.2) is 0 Å². The summed E-state index contributed by atoms with van der Waals surface area (Å²) in [5, 5.41) is 9.49. The van der Waals surface area contributed by atoms with Gasteiger partial charge in [0, 0.05) is 18.9 Å². The Morgan fingerprint density at radius 3 is 2.57 bits per heavy atom. The first-order chi connectivity index (χ1) is 13.2. The summed E-state index contributed by atoms with van der Waals surface area (Å²) in [7, 11) is 0. The standard InChI is InChI=1S/C20H26FNO6/c1-4-17(23)27-19(12(2)3)28-20(26)22-11-14(10-16(22)18(24)25)8-13-6-5-7-15(21)9-13/h5-7,9,12,14,16,19H,4,8,10-11H2,1-3H3,(H,24,25)/t14-,16-,19+/m0/s1. The van der Waals surface area contributed by atoms with Crippen molar-refractivity contribution >= 4 is 18.0 Å². The minimum absolute atomic E-state index is 0.137. The van der Waals surface area contributed by atoms with E-state index in [1.54, 1.807) is 32.9 Å². The zero-order valence-electron chi connectivity index (χ0n) is 16.3. The second kappa shape index (κ2) is 9.52. The lowest BCUT2D eigenvalue weighted by Crippen LogP contribution is -2.43. The Kier molecular flexibility index (Phi) is 7.37. The Balaban J connectivity index is 2.07. The summed E-state index contributed by atoms with van der Waals surface area (Å²) in [4.78, 5) is 36.9. The number of aliphatic carboxylic acids is 1. The van der Waals surface area contributed by atoms with Crippen LogP contribution >= 0.6 is 0 Å². The molecule has 0 aromatic heterocycles. The molecule has 1 aromatic carbocycles. The Morgan fingerprint density at radius 2 is 2.00 bits per heavy atom. The summed E-state index contributed by atoms with van der Waals surface area (Å²) in [6, 6.07) is 5.05. The number of nitrogens with zero attached hydrogens (tertiary/aromatic N) is 1. The third kappa shape index (κ3) is 5.68. The van der Waals surface area contributed by atoms with Crippen molar-refractivity contribution in [1.29, 1.82) is 0 Å². The van der Waals surface area contributed by atoms with Gasteiger partial charge in [-0.3, -0.25) is 9.69 Å². The summed E-state index contributed by atoms with van der Waals surface area (Å²) >= 11 is 0. The van der Waals surface area contributed by atoms with Crippen molar-refractivity contribution in [3.8, 4) is 0 Å². The molecule has 3 atom stereocenters. The van der Waals surface area contributed by atoms with E-state index < -0.39 is 30.4 Å². The molecule has 2 rings (SSSR count). The van der Waals surface area contributed by atoms with Gasteiger partial charge in [-0.2, -0.15) is 0 Å². The first-order valence-electron chi connectivity index (χ1n) is 9.35. The number of esters is 1. The maximum absolute atomic E-state index is 13.4. The normalized spacial score (nSPS) is 20.1. The second-order valence-electron chi connectivity index (χ2n) is 7.28. The fourth-order valence-corrected chi connectivity index (χ4v) is 3.18. The van der Waals surface area contributed by atoms with E-state index in [-0.39, 0.29) is 37.0 Å². The van der Waals surface area contributed by atoms with Gasteiger partial charge in [-0.05, 0) is 36.5 Å². The minimum atomic E-state index is -1.13. The van der Waals surface area contributed by atoms with Crippen LogP contribution in [-0.2, 0) is 25.5 Å². The molecule has 1 amide bonds. The maximum atomic E-state index is 13.4. The molecule has 7 nitrogen and oxygen atoms in total. The molecule has 0 radical (unpaired) electrons. The van der Waals surface area contributed by atoms with E-state index >= 15 is 0 Å². The summed E-state index contributed by atoms with van der Waals surface area (Å²) < 4.78 is 23.8.